The zero-order chi connectivity index (χ0) is 18.8. The fraction of sp³-hybridized carbons (Fsp3) is 0.435. The van der Waals surface area contributed by atoms with Gasteiger partial charge < -0.3 is 10.1 Å². The summed E-state index contributed by atoms with van der Waals surface area (Å²) in [7, 11) is 0. The molecule has 1 fully saturated rings. The molecule has 0 aromatic heterocycles. The molecule has 2 aromatic carbocycles. The van der Waals surface area contributed by atoms with E-state index in [0.29, 0.717) is 12.5 Å². The number of alkyl carbamates (subject to hydrolysis) is 1. The van der Waals surface area contributed by atoms with Crippen LogP contribution in [0.4, 0.5) is 4.79 Å². The van der Waals surface area contributed by atoms with E-state index in [-0.39, 0.29) is 11.5 Å². The van der Waals surface area contributed by atoms with Gasteiger partial charge in [-0.3, -0.25) is 0 Å². The lowest BCUT2D eigenvalue weighted by atomic mass is 9.91. The SMILES string of the molecule is Cc1ccc([C@H]2C[C@]2(CNC(=O)OC(C)(C)C)Cc2ccccc2)cc1. The molecule has 2 atom stereocenters. The molecule has 26 heavy (non-hydrogen) atoms. The van der Waals surface area contributed by atoms with E-state index in [1.54, 1.807) is 0 Å². The maximum atomic E-state index is 12.1. The highest BCUT2D eigenvalue weighted by atomic mass is 16.6. The van der Waals surface area contributed by atoms with Gasteiger partial charge >= 0.3 is 6.09 Å². The van der Waals surface area contributed by atoms with Gasteiger partial charge in [-0.25, -0.2) is 4.79 Å². The fourth-order valence-electron chi connectivity index (χ4n) is 3.64. The van der Waals surface area contributed by atoms with Crippen molar-refractivity contribution in [2.45, 2.75) is 52.1 Å². The Labute approximate surface area is 156 Å². The van der Waals surface area contributed by atoms with Crippen molar-refractivity contribution in [3.63, 3.8) is 0 Å². The van der Waals surface area contributed by atoms with Crippen LogP contribution in [0.25, 0.3) is 0 Å². The lowest BCUT2D eigenvalue weighted by Gasteiger charge is -2.23. The van der Waals surface area contributed by atoms with Crippen LogP contribution in [-0.4, -0.2) is 18.2 Å². The lowest BCUT2D eigenvalue weighted by molar-refractivity contribution is 0.0515. The minimum Gasteiger partial charge on any atom is -0.444 e. The first kappa shape index (κ1) is 18.5. The molecule has 3 rings (SSSR count). The summed E-state index contributed by atoms with van der Waals surface area (Å²) in [6.45, 7) is 8.41. The number of nitrogens with one attached hydrogen (secondary N) is 1. The van der Waals surface area contributed by atoms with Crippen LogP contribution in [0, 0.1) is 12.3 Å². The van der Waals surface area contributed by atoms with Gasteiger partial charge in [0.25, 0.3) is 0 Å². The topological polar surface area (TPSA) is 38.3 Å². The molecule has 3 heteroatoms. The molecule has 0 aliphatic heterocycles. The van der Waals surface area contributed by atoms with Crippen LogP contribution in [0.15, 0.2) is 54.6 Å². The number of carbonyl (C=O) groups is 1. The molecule has 2 aromatic rings. The van der Waals surface area contributed by atoms with Gasteiger partial charge in [-0.15, -0.1) is 0 Å². The Morgan fingerprint density at radius 1 is 1.12 bits per heavy atom. The summed E-state index contributed by atoms with van der Waals surface area (Å²) < 4.78 is 5.42. The highest BCUT2D eigenvalue weighted by Gasteiger charge is 2.54. The molecule has 1 aliphatic rings. The maximum Gasteiger partial charge on any atom is 0.407 e. The summed E-state index contributed by atoms with van der Waals surface area (Å²) in [5.41, 5.74) is 3.53. The zero-order valence-corrected chi connectivity index (χ0v) is 16.2. The Morgan fingerprint density at radius 2 is 1.77 bits per heavy atom. The van der Waals surface area contributed by atoms with E-state index in [9.17, 15) is 4.79 Å². The number of rotatable bonds is 5. The highest BCUT2D eigenvalue weighted by Crippen LogP contribution is 2.60. The largest absolute Gasteiger partial charge is 0.444 e. The Kier molecular flexibility index (Phi) is 5.08. The standard InChI is InChI=1S/C23H29NO2/c1-17-10-12-19(13-11-17)20-15-23(20,14-18-8-6-5-7-9-18)16-24-21(25)26-22(2,3)4/h5-13,20H,14-16H2,1-4H3,(H,24,25)/t20-,23+/m1/s1. The van der Waals surface area contributed by atoms with Gasteiger partial charge in [0, 0.05) is 6.54 Å². The molecular weight excluding hydrogens is 322 g/mol. The van der Waals surface area contributed by atoms with E-state index < -0.39 is 5.60 Å². The fourth-order valence-corrected chi connectivity index (χ4v) is 3.64. The van der Waals surface area contributed by atoms with Crippen LogP contribution in [0.3, 0.4) is 0 Å². The Hall–Kier alpha value is -2.29. The van der Waals surface area contributed by atoms with Crippen molar-refractivity contribution < 1.29 is 9.53 Å². The van der Waals surface area contributed by atoms with E-state index in [1.807, 2.05) is 26.8 Å². The van der Waals surface area contributed by atoms with Crippen molar-refractivity contribution in [3.05, 3.63) is 71.3 Å². The minimum absolute atomic E-state index is 0.0630. The third kappa shape index (κ3) is 4.66. The number of aryl methyl sites for hydroxylation is 1. The van der Waals surface area contributed by atoms with Gasteiger partial charge in [0.2, 0.25) is 0 Å². The van der Waals surface area contributed by atoms with Gasteiger partial charge in [-0.05, 0) is 63.0 Å². The predicted molar refractivity (Wildman–Crippen MR) is 105 cm³/mol. The molecule has 1 amide bonds. The van der Waals surface area contributed by atoms with Crippen LogP contribution in [0.1, 0.15) is 49.8 Å². The first-order valence-electron chi connectivity index (χ1n) is 9.35. The third-order valence-corrected chi connectivity index (χ3v) is 5.05. The van der Waals surface area contributed by atoms with E-state index >= 15 is 0 Å². The first-order valence-corrected chi connectivity index (χ1v) is 9.35. The number of ether oxygens (including phenoxy) is 1. The second-order valence-corrected chi connectivity index (χ2v) is 8.55. The van der Waals surface area contributed by atoms with Crippen LogP contribution < -0.4 is 5.32 Å². The van der Waals surface area contributed by atoms with Crippen molar-refractivity contribution in [3.8, 4) is 0 Å². The molecule has 0 bridgehead atoms. The molecule has 1 aliphatic carbocycles. The molecule has 138 valence electrons. The monoisotopic (exact) mass is 351 g/mol. The average Bonchev–Trinajstić information content (AvgIpc) is 3.27. The zero-order valence-electron chi connectivity index (χ0n) is 16.2. The smallest absolute Gasteiger partial charge is 0.407 e. The van der Waals surface area contributed by atoms with Crippen LogP contribution in [0.2, 0.25) is 0 Å². The Balaban J connectivity index is 1.73. The summed E-state index contributed by atoms with van der Waals surface area (Å²) in [6, 6.07) is 19.3. The Morgan fingerprint density at radius 3 is 2.38 bits per heavy atom. The van der Waals surface area contributed by atoms with Crippen LogP contribution in [0.5, 0.6) is 0 Å². The summed E-state index contributed by atoms with van der Waals surface area (Å²) in [5.74, 6) is 0.471. The van der Waals surface area contributed by atoms with E-state index in [0.717, 1.165) is 12.8 Å². The lowest BCUT2D eigenvalue weighted by Crippen LogP contribution is -2.36. The van der Waals surface area contributed by atoms with E-state index in [2.05, 4.69) is 60.8 Å². The second kappa shape index (κ2) is 7.14. The van der Waals surface area contributed by atoms with Crippen molar-refractivity contribution >= 4 is 6.09 Å². The molecular formula is C23H29NO2. The van der Waals surface area contributed by atoms with Crippen molar-refractivity contribution in [2.75, 3.05) is 6.54 Å². The van der Waals surface area contributed by atoms with E-state index in [1.165, 1.54) is 16.7 Å². The Bertz CT molecular complexity index is 746. The van der Waals surface area contributed by atoms with Gasteiger partial charge in [-0.1, -0.05) is 60.2 Å². The molecule has 1 N–H and O–H groups in total. The third-order valence-electron chi connectivity index (χ3n) is 5.05. The average molecular weight is 351 g/mol. The number of hydrogen-bond acceptors (Lipinski definition) is 2. The molecule has 0 spiro atoms. The summed E-state index contributed by atoms with van der Waals surface area (Å²) in [6.07, 6.45) is 1.71. The summed E-state index contributed by atoms with van der Waals surface area (Å²) in [5, 5.41) is 3.01. The van der Waals surface area contributed by atoms with Gasteiger partial charge in [0.05, 0.1) is 0 Å². The van der Waals surface area contributed by atoms with Crippen molar-refractivity contribution in [2.24, 2.45) is 5.41 Å². The molecule has 0 heterocycles. The number of amides is 1. The highest BCUT2D eigenvalue weighted by molar-refractivity contribution is 5.67. The van der Waals surface area contributed by atoms with Gasteiger partial charge in [0.15, 0.2) is 0 Å². The molecule has 0 saturated heterocycles. The van der Waals surface area contributed by atoms with Crippen LogP contribution in [-0.2, 0) is 11.2 Å². The van der Waals surface area contributed by atoms with Gasteiger partial charge in [-0.2, -0.15) is 0 Å². The number of hydrogen-bond donors (Lipinski definition) is 1. The number of carbonyl (C=O) groups excluding carboxylic acids is 1. The predicted octanol–water partition coefficient (Wildman–Crippen LogP) is 5.24. The van der Waals surface area contributed by atoms with Gasteiger partial charge in [0.1, 0.15) is 5.60 Å². The first-order chi connectivity index (χ1) is 12.3. The second-order valence-electron chi connectivity index (χ2n) is 8.55. The normalized spacial score (nSPS) is 21.9. The number of benzene rings is 2. The molecule has 1 saturated carbocycles. The minimum atomic E-state index is -0.476. The summed E-state index contributed by atoms with van der Waals surface area (Å²) in [4.78, 5) is 12.1. The van der Waals surface area contributed by atoms with Crippen LogP contribution >= 0.6 is 0 Å². The van der Waals surface area contributed by atoms with Crippen molar-refractivity contribution in [1.82, 2.24) is 5.32 Å². The molecule has 0 unspecified atom stereocenters. The quantitative estimate of drug-likeness (QED) is 0.800. The maximum absolute atomic E-state index is 12.1. The molecule has 0 radical (unpaired) electrons. The van der Waals surface area contributed by atoms with E-state index in [4.69, 9.17) is 4.74 Å². The summed E-state index contributed by atoms with van der Waals surface area (Å²) >= 11 is 0. The molecule has 3 nitrogen and oxygen atoms in total. The van der Waals surface area contributed by atoms with Crippen molar-refractivity contribution in [1.29, 1.82) is 0 Å².